The zero-order valence-electron chi connectivity index (χ0n) is 11.8. The highest BCUT2D eigenvalue weighted by atomic mass is 32.2. The molecule has 0 unspecified atom stereocenters. The number of hydrogen-bond donors (Lipinski definition) is 0. The second-order valence-corrected chi connectivity index (χ2v) is 7.03. The predicted molar refractivity (Wildman–Crippen MR) is 84.5 cm³/mol. The number of rotatable bonds is 4. The molecule has 0 bridgehead atoms. The van der Waals surface area contributed by atoms with Crippen molar-refractivity contribution in [3.05, 3.63) is 35.9 Å². The Bertz CT molecular complexity index is 376. The van der Waals surface area contributed by atoms with Gasteiger partial charge < -0.3 is 4.90 Å². The fourth-order valence-electron chi connectivity index (χ4n) is 3.67. The first kappa shape index (κ1) is 13.5. The van der Waals surface area contributed by atoms with E-state index < -0.39 is 0 Å². The number of hydrogen-bond acceptors (Lipinski definition) is 2. The van der Waals surface area contributed by atoms with Gasteiger partial charge in [0.25, 0.3) is 0 Å². The zero-order chi connectivity index (χ0) is 12.9. The summed E-state index contributed by atoms with van der Waals surface area (Å²) in [5, 5.41) is 0. The van der Waals surface area contributed by atoms with Crippen molar-refractivity contribution < 1.29 is 0 Å². The molecule has 2 aliphatic heterocycles. The molecule has 0 aliphatic carbocycles. The lowest BCUT2D eigenvalue weighted by Crippen LogP contribution is -2.48. The third kappa shape index (κ3) is 3.55. The van der Waals surface area contributed by atoms with Crippen LogP contribution in [0.25, 0.3) is 0 Å². The minimum absolute atomic E-state index is 0.908. The number of thioether (sulfide) groups is 1. The predicted octanol–water partition coefficient (Wildman–Crippen LogP) is 4.18. The van der Waals surface area contributed by atoms with Crippen LogP contribution in [-0.2, 0) is 5.75 Å². The molecule has 2 heteroatoms. The Morgan fingerprint density at radius 3 is 2.74 bits per heavy atom. The van der Waals surface area contributed by atoms with Crippen molar-refractivity contribution in [2.75, 3.05) is 18.8 Å². The molecule has 0 radical (unpaired) electrons. The van der Waals surface area contributed by atoms with Gasteiger partial charge in [-0.3, -0.25) is 0 Å². The molecule has 2 fully saturated rings. The Balaban J connectivity index is 1.49. The van der Waals surface area contributed by atoms with Crippen molar-refractivity contribution in [3.63, 3.8) is 0 Å². The maximum Gasteiger partial charge on any atom is 0.0184 e. The van der Waals surface area contributed by atoms with Gasteiger partial charge in [-0.1, -0.05) is 36.8 Å². The van der Waals surface area contributed by atoms with E-state index in [9.17, 15) is 0 Å². The van der Waals surface area contributed by atoms with Gasteiger partial charge in [0.05, 0.1) is 0 Å². The first-order chi connectivity index (χ1) is 9.43. The highest BCUT2D eigenvalue weighted by molar-refractivity contribution is 7.98. The van der Waals surface area contributed by atoms with Gasteiger partial charge in [0, 0.05) is 11.8 Å². The summed E-state index contributed by atoms with van der Waals surface area (Å²) in [4.78, 5) is 2.78. The molecule has 2 aliphatic rings. The molecule has 0 aromatic heterocycles. The van der Waals surface area contributed by atoms with E-state index in [1.165, 1.54) is 62.3 Å². The number of benzene rings is 1. The Hall–Kier alpha value is -0.470. The fourth-order valence-corrected chi connectivity index (χ4v) is 4.91. The highest BCUT2D eigenvalue weighted by Gasteiger charge is 2.32. The minimum Gasteiger partial charge on any atom is -0.300 e. The first-order valence-corrected chi connectivity index (χ1v) is 8.95. The molecule has 1 aromatic carbocycles. The molecule has 2 heterocycles. The van der Waals surface area contributed by atoms with E-state index in [-0.39, 0.29) is 0 Å². The normalized spacial score (nSPS) is 28.0. The molecular weight excluding hydrogens is 250 g/mol. The van der Waals surface area contributed by atoms with Crippen LogP contribution < -0.4 is 0 Å². The second kappa shape index (κ2) is 6.81. The smallest absolute Gasteiger partial charge is 0.0184 e. The van der Waals surface area contributed by atoms with Gasteiger partial charge in [-0.15, -0.1) is 0 Å². The molecular formula is C17H25NS. The quantitative estimate of drug-likeness (QED) is 0.811. The van der Waals surface area contributed by atoms with E-state index in [2.05, 4.69) is 47.0 Å². The van der Waals surface area contributed by atoms with Crippen LogP contribution in [-0.4, -0.2) is 29.8 Å². The molecule has 1 nitrogen and oxygen atoms in total. The summed E-state index contributed by atoms with van der Waals surface area (Å²) in [7, 11) is 0. The molecule has 2 atom stereocenters. The van der Waals surface area contributed by atoms with E-state index in [4.69, 9.17) is 0 Å². The lowest BCUT2D eigenvalue weighted by molar-refractivity contribution is 0.0693. The topological polar surface area (TPSA) is 3.24 Å². The van der Waals surface area contributed by atoms with Gasteiger partial charge in [-0.2, -0.15) is 11.8 Å². The van der Waals surface area contributed by atoms with Crippen LogP contribution in [0.4, 0.5) is 0 Å². The Kier molecular flexibility index (Phi) is 4.84. The third-order valence-electron chi connectivity index (χ3n) is 4.67. The number of fused-ring (bicyclic) bond motifs is 1. The van der Waals surface area contributed by atoms with E-state index in [1.807, 2.05) is 0 Å². The van der Waals surface area contributed by atoms with Crippen LogP contribution in [0.3, 0.4) is 0 Å². The average Bonchev–Trinajstić information content (AvgIpc) is 2.49. The van der Waals surface area contributed by atoms with Crippen LogP contribution >= 0.6 is 11.8 Å². The van der Waals surface area contributed by atoms with Crippen LogP contribution in [0.2, 0.25) is 0 Å². The van der Waals surface area contributed by atoms with Crippen molar-refractivity contribution in [2.24, 2.45) is 5.92 Å². The molecule has 3 rings (SSSR count). The molecule has 0 saturated carbocycles. The summed E-state index contributed by atoms with van der Waals surface area (Å²) < 4.78 is 0. The lowest BCUT2D eigenvalue weighted by atomic mass is 9.85. The van der Waals surface area contributed by atoms with Gasteiger partial charge in [0.2, 0.25) is 0 Å². The summed E-state index contributed by atoms with van der Waals surface area (Å²) in [6, 6.07) is 11.8. The maximum absolute atomic E-state index is 2.78. The van der Waals surface area contributed by atoms with Gasteiger partial charge in [-0.05, 0) is 56.0 Å². The molecule has 0 spiro atoms. The molecule has 0 amide bonds. The van der Waals surface area contributed by atoms with Gasteiger partial charge in [0.1, 0.15) is 0 Å². The van der Waals surface area contributed by atoms with Crippen LogP contribution in [0.5, 0.6) is 0 Å². The van der Waals surface area contributed by atoms with Gasteiger partial charge >= 0.3 is 0 Å². The van der Waals surface area contributed by atoms with Crippen LogP contribution in [0, 0.1) is 5.92 Å². The number of piperidine rings is 2. The summed E-state index contributed by atoms with van der Waals surface area (Å²) in [5.41, 5.74) is 1.48. The van der Waals surface area contributed by atoms with Gasteiger partial charge in [-0.25, -0.2) is 0 Å². The van der Waals surface area contributed by atoms with Crippen LogP contribution in [0.15, 0.2) is 30.3 Å². The Morgan fingerprint density at radius 1 is 1.00 bits per heavy atom. The summed E-state index contributed by atoms with van der Waals surface area (Å²) in [6.07, 6.45) is 7.23. The minimum atomic E-state index is 0.908. The largest absolute Gasteiger partial charge is 0.300 e. The number of nitrogens with zero attached hydrogens (tertiary/aromatic N) is 1. The highest BCUT2D eigenvalue weighted by Crippen LogP contribution is 2.33. The van der Waals surface area contributed by atoms with E-state index in [1.54, 1.807) is 0 Å². The molecule has 0 N–H and O–H groups in total. The summed E-state index contributed by atoms with van der Waals surface area (Å²) >= 11 is 2.14. The van der Waals surface area contributed by atoms with Crippen molar-refractivity contribution in [1.82, 2.24) is 4.90 Å². The average molecular weight is 275 g/mol. The lowest BCUT2D eigenvalue weighted by Gasteiger charge is -2.44. The fraction of sp³-hybridized carbons (Fsp3) is 0.647. The Morgan fingerprint density at radius 2 is 1.84 bits per heavy atom. The van der Waals surface area contributed by atoms with Crippen molar-refractivity contribution in [1.29, 1.82) is 0 Å². The van der Waals surface area contributed by atoms with Crippen molar-refractivity contribution >= 4 is 11.8 Å². The van der Waals surface area contributed by atoms with Gasteiger partial charge in [0.15, 0.2) is 0 Å². The third-order valence-corrected chi connectivity index (χ3v) is 5.87. The molecule has 104 valence electrons. The maximum atomic E-state index is 2.78. The SMILES string of the molecule is c1ccc(CSC[C@@H]2CCCN3CCCC[C@H]23)cc1. The standard InChI is InChI=1S/C17H25NS/c1-2-7-15(8-3-1)13-19-14-16-9-6-12-18-11-5-4-10-17(16)18/h1-3,7-8,16-17H,4-6,9-14H2/t16-,17+/m0/s1. The van der Waals surface area contributed by atoms with Crippen molar-refractivity contribution in [3.8, 4) is 0 Å². The van der Waals surface area contributed by atoms with Crippen LogP contribution in [0.1, 0.15) is 37.7 Å². The summed E-state index contributed by atoms with van der Waals surface area (Å²) in [6.45, 7) is 2.73. The summed E-state index contributed by atoms with van der Waals surface area (Å²) in [5.74, 6) is 3.49. The second-order valence-electron chi connectivity index (χ2n) is 6.00. The molecule has 2 saturated heterocycles. The van der Waals surface area contributed by atoms with Crippen molar-refractivity contribution in [2.45, 2.75) is 43.9 Å². The van der Waals surface area contributed by atoms with E-state index >= 15 is 0 Å². The zero-order valence-corrected chi connectivity index (χ0v) is 12.6. The van der Waals surface area contributed by atoms with E-state index in [0.717, 1.165) is 12.0 Å². The molecule has 1 aromatic rings. The van der Waals surface area contributed by atoms with E-state index in [0.29, 0.717) is 0 Å². The Labute approximate surface area is 121 Å². The first-order valence-electron chi connectivity index (χ1n) is 7.79. The monoisotopic (exact) mass is 275 g/mol. The molecule has 19 heavy (non-hydrogen) atoms.